The maximum absolute atomic E-state index is 13.5. The van der Waals surface area contributed by atoms with Crippen LogP contribution in [0.1, 0.15) is 30.4 Å². The molecule has 150 valence electrons. The van der Waals surface area contributed by atoms with Crippen LogP contribution in [0, 0.1) is 11.2 Å². The van der Waals surface area contributed by atoms with Crippen LogP contribution in [0.25, 0.3) is 0 Å². The Morgan fingerprint density at radius 2 is 1.93 bits per heavy atom. The number of piperidine rings is 2. The molecule has 2 saturated heterocycles. The molecule has 1 aromatic carbocycles. The van der Waals surface area contributed by atoms with Crippen molar-refractivity contribution in [2.75, 3.05) is 33.8 Å². The second kappa shape index (κ2) is 7.39. The maximum Gasteiger partial charge on any atom is 0.416 e. The number of ether oxygens (including phenoxy) is 1. The second-order valence-electron chi connectivity index (χ2n) is 7.60. The smallest absolute Gasteiger partial charge is 0.380 e. The molecule has 2 aliphatic rings. The van der Waals surface area contributed by atoms with E-state index < -0.39 is 23.0 Å². The molecule has 1 amide bonds. The molecule has 1 unspecified atom stereocenters. The SMILES string of the molecule is COC1CN(C)C(=O)C2(CCN(Cc3cc(F)ccc3C(F)(F)F)CC2)C1. The number of likely N-dealkylation sites (tertiary alicyclic amines) is 2. The van der Waals surface area contributed by atoms with Gasteiger partial charge in [0, 0.05) is 27.2 Å². The Balaban J connectivity index is 1.72. The van der Waals surface area contributed by atoms with Gasteiger partial charge in [-0.3, -0.25) is 9.69 Å². The predicted octanol–water partition coefficient (Wildman–Crippen LogP) is 3.30. The number of carbonyl (C=O) groups excluding carboxylic acids is 1. The minimum Gasteiger partial charge on any atom is -0.380 e. The second-order valence-corrected chi connectivity index (χ2v) is 7.60. The summed E-state index contributed by atoms with van der Waals surface area (Å²) in [6.07, 6.45) is -2.79. The fourth-order valence-corrected chi connectivity index (χ4v) is 4.31. The van der Waals surface area contributed by atoms with E-state index in [1.165, 1.54) is 0 Å². The monoisotopic (exact) mass is 388 g/mol. The van der Waals surface area contributed by atoms with Gasteiger partial charge < -0.3 is 9.64 Å². The van der Waals surface area contributed by atoms with Gasteiger partial charge in [-0.25, -0.2) is 4.39 Å². The molecule has 8 heteroatoms. The van der Waals surface area contributed by atoms with Crippen molar-refractivity contribution in [1.29, 1.82) is 0 Å². The van der Waals surface area contributed by atoms with Crippen molar-refractivity contribution in [3.05, 3.63) is 35.1 Å². The fourth-order valence-electron chi connectivity index (χ4n) is 4.31. The summed E-state index contributed by atoms with van der Waals surface area (Å²) in [6.45, 7) is 1.55. The lowest BCUT2D eigenvalue weighted by Gasteiger charge is -2.47. The fraction of sp³-hybridized carbons (Fsp3) is 0.632. The lowest BCUT2D eigenvalue weighted by Crippen LogP contribution is -2.56. The Hall–Kier alpha value is -1.67. The molecule has 2 fully saturated rings. The van der Waals surface area contributed by atoms with Crippen molar-refractivity contribution in [2.24, 2.45) is 5.41 Å². The highest BCUT2D eigenvalue weighted by molar-refractivity contribution is 5.83. The van der Waals surface area contributed by atoms with Crippen LogP contribution < -0.4 is 0 Å². The highest BCUT2D eigenvalue weighted by Crippen LogP contribution is 2.42. The summed E-state index contributed by atoms with van der Waals surface area (Å²) in [5.74, 6) is -0.601. The quantitative estimate of drug-likeness (QED) is 0.745. The zero-order valence-electron chi connectivity index (χ0n) is 15.5. The first kappa shape index (κ1) is 20.1. The molecule has 1 atom stereocenters. The highest BCUT2D eigenvalue weighted by atomic mass is 19.4. The number of benzene rings is 1. The van der Waals surface area contributed by atoms with Crippen LogP contribution in [0.3, 0.4) is 0 Å². The number of nitrogens with zero attached hydrogens (tertiary/aromatic N) is 2. The summed E-state index contributed by atoms with van der Waals surface area (Å²) in [4.78, 5) is 16.3. The van der Waals surface area contributed by atoms with Gasteiger partial charge in [-0.05, 0) is 56.1 Å². The molecule has 0 N–H and O–H groups in total. The minimum atomic E-state index is -4.52. The number of hydrogen-bond acceptors (Lipinski definition) is 3. The standard InChI is InChI=1S/C19H24F4N2O2/c1-24-12-15(27-2)10-18(17(24)26)5-7-25(8-6-18)11-13-9-14(20)3-4-16(13)19(21,22)23/h3-4,9,15H,5-8,10-12H2,1-2H3. The average molecular weight is 388 g/mol. The number of methoxy groups -OCH3 is 1. The molecule has 0 bridgehead atoms. The largest absolute Gasteiger partial charge is 0.416 e. The van der Waals surface area contributed by atoms with Crippen LogP contribution in [0.4, 0.5) is 17.6 Å². The minimum absolute atomic E-state index is 0.0143. The van der Waals surface area contributed by atoms with E-state index in [2.05, 4.69) is 0 Å². The Bertz CT molecular complexity index is 699. The van der Waals surface area contributed by atoms with Crippen molar-refractivity contribution in [2.45, 2.75) is 38.1 Å². The molecule has 2 heterocycles. The van der Waals surface area contributed by atoms with Crippen LogP contribution in [0.5, 0.6) is 0 Å². The van der Waals surface area contributed by atoms with Gasteiger partial charge in [0.2, 0.25) is 5.91 Å². The number of rotatable bonds is 3. The molecular weight excluding hydrogens is 364 g/mol. The third-order valence-electron chi connectivity index (χ3n) is 5.81. The first-order chi connectivity index (χ1) is 12.6. The zero-order valence-corrected chi connectivity index (χ0v) is 15.5. The van der Waals surface area contributed by atoms with Gasteiger partial charge in [-0.2, -0.15) is 13.2 Å². The Labute approximate surface area is 156 Å². The van der Waals surface area contributed by atoms with E-state index in [4.69, 9.17) is 4.74 Å². The van der Waals surface area contributed by atoms with Crippen molar-refractivity contribution in [3.8, 4) is 0 Å². The van der Waals surface area contributed by atoms with Gasteiger partial charge in [0.15, 0.2) is 0 Å². The first-order valence-corrected chi connectivity index (χ1v) is 9.01. The summed E-state index contributed by atoms with van der Waals surface area (Å²) >= 11 is 0. The van der Waals surface area contributed by atoms with Gasteiger partial charge in [0.25, 0.3) is 0 Å². The number of halogens is 4. The Morgan fingerprint density at radius 1 is 1.26 bits per heavy atom. The molecular formula is C19H24F4N2O2. The average Bonchev–Trinajstić information content (AvgIpc) is 2.60. The summed E-state index contributed by atoms with van der Waals surface area (Å²) in [5, 5.41) is 0. The molecule has 0 radical (unpaired) electrons. The number of alkyl halides is 3. The summed E-state index contributed by atoms with van der Waals surface area (Å²) in [6, 6.07) is 2.57. The van der Waals surface area contributed by atoms with Crippen molar-refractivity contribution < 1.29 is 27.1 Å². The molecule has 0 aromatic heterocycles. The van der Waals surface area contributed by atoms with E-state index in [9.17, 15) is 22.4 Å². The molecule has 1 aromatic rings. The third kappa shape index (κ3) is 4.11. The van der Waals surface area contributed by atoms with Gasteiger partial charge in [-0.1, -0.05) is 0 Å². The predicted molar refractivity (Wildman–Crippen MR) is 91.4 cm³/mol. The van der Waals surface area contributed by atoms with Crippen LogP contribution in [0.15, 0.2) is 18.2 Å². The topological polar surface area (TPSA) is 32.8 Å². The summed E-state index contributed by atoms with van der Waals surface area (Å²) < 4.78 is 58.5. The van der Waals surface area contributed by atoms with Crippen LogP contribution in [0.2, 0.25) is 0 Å². The normalized spacial score (nSPS) is 23.9. The van der Waals surface area contributed by atoms with Crippen LogP contribution >= 0.6 is 0 Å². The number of hydrogen-bond donors (Lipinski definition) is 0. The first-order valence-electron chi connectivity index (χ1n) is 9.01. The van der Waals surface area contributed by atoms with E-state index in [0.717, 1.165) is 18.2 Å². The van der Waals surface area contributed by atoms with Gasteiger partial charge >= 0.3 is 6.18 Å². The number of amides is 1. The molecule has 0 saturated carbocycles. The van der Waals surface area contributed by atoms with Crippen LogP contribution in [-0.4, -0.2) is 55.6 Å². The Morgan fingerprint density at radius 3 is 2.52 bits per heavy atom. The molecule has 0 aliphatic carbocycles. The van der Waals surface area contributed by atoms with E-state index in [1.807, 2.05) is 4.90 Å². The summed E-state index contributed by atoms with van der Waals surface area (Å²) in [5.41, 5.74) is -1.39. The van der Waals surface area contributed by atoms with E-state index in [-0.39, 0.29) is 24.1 Å². The summed E-state index contributed by atoms with van der Waals surface area (Å²) in [7, 11) is 3.38. The van der Waals surface area contributed by atoms with Crippen molar-refractivity contribution >= 4 is 5.91 Å². The van der Waals surface area contributed by atoms with E-state index in [1.54, 1.807) is 19.1 Å². The number of carbonyl (C=O) groups is 1. The van der Waals surface area contributed by atoms with E-state index in [0.29, 0.717) is 38.9 Å². The lowest BCUT2D eigenvalue weighted by molar-refractivity contribution is -0.156. The van der Waals surface area contributed by atoms with Crippen molar-refractivity contribution in [3.63, 3.8) is 0 Å². The van der Waals surface area contributed by atoms with Gasteiger partial charge in [0.1, 0.15) is 5.82 Å². The van der Waals surface area contributed by atoms with Crippen molar-refractivity contribution in [1.82, 2.24) is 9.80 Å². The third-order valence-corrected chi connectivity index (χ3v) is 5.81. The van der Waals surface area contributed by atoms with Gasteiger partial charge in [-0.15, -0.1) is 0 Å². The lowest BCUT2D eigenvalue weighted by atomic mass is 9.71. The molecule has 27 heavy (non-hydrogen) atoms. The zero-order chi connectivity index (χ0) is 19.8. The highest BCUT2D eigenvalue weighted by Gasteiger charge is 2.48. The maximum atomic E-state index is 13.5. The molecule has 4 nitrogen and oxygen atoms in total. The molecule has 2 aliphatic heterocycles. The number of likely N-dealkylation sites (N-methyl/N-ethyl adjacent to an activating group) is 1. The van der Waals surface area contributed by atoms with E-state index >= 15 is 0 Å². The van der Waals surface area contributed by atoms with Gasteiger partial charge in [0.05, 0.1) is 17.1 Å². The Kier molecular flexibility index (Phi) is 5.49. The molecule has 1 spiro atoms. The van der Waals surface area contributed by atoms with Crippen LogP contribution in [-0.2, 0) is 22.3 Å². The molecule has 3 rings (SSSR count).